The van der Waals surface area contributed by atoms with Crippen molar-refractivity contribution in [2.24, 2.45) is 11.8 Å². The minimum Gasteiger partial charge on any atom is -0.394 e. The Balaban J connectivity index is 1.39. The Morgan fingerprint density at radius 1 is 0.521 bits per heavy atom. The molecule has 0 bridgehead atoms. The molecule has 0 aromatic carbocycles. The zero-order chi connectivity index (χ0) is 52.2. The SMILES string of the molecule is CCCCCCC=CCCCCCCCCCC(=O)N[C@@H]1C(O[C@H]2C(CO)O[C@H](CC3C(CO)OC(O[C@H]4C(CO)O[C@H](OC)[C@H](NC(C)=O)C4O)[C@@H](C)[C@H]3O)[C@H](NC(C)=O)C2O)OC(CO)C(O)[C@@H]1O. The predicted molar refractivity (Wildman–Crippen MR) is 254 cm³/mol. The second kappa shape index (κ2) is 31.4. The molecular weight excluding hydrogens is 935 g/mol. The lowest BCUT2D eigenvalue weighted by Crippen LogP contribution is -2.69. The molecule has 4 rings (SSSR count). The van der Waals surface area contributed by atoms with Gasteiger partial charge in [-0.3, -0.25) is 14.4 Å². The number of aliphatic hydroxyl groups is 9. The van der Waals surface area contributed by atoms with Crippen LogP contribution in [0.2, 0.25) is 0 Å². The normalized spacial score (nSPS) is 37.7. The van der Waals surface area contributed by atoms with Crippen LogP contribution in [0.25, 0.3) is 0 Å². The van der Waals surface area contributed by atoms with Crippen LogP contribution in [0.15, 0.2) is 12.2 Å². The number of ether oxygens (including phenoxy) is 7. The van der Waals surface area contributed by atoms with E-state index < -0.39 is 166 Å². The van der Waals surface area contributed by atoms with Crippen molar-refractivity contribution >= 4 is 17.7 Å². The van der Waals surface area contributed by atoms with Gasteiger partial charge >= 0.3 is 0 Å². The summed E-state index contributed by atoms with van der Waals surface area (Å²) < 4.78 is 41.7. The standard InChI is InChI=1S/C49H87N3O19/c1-6-7-8-9-10-11-12-13-14-15-16-17-18-19-20-21-36(59)52-38-42(62)41(61)33(24-54)68-49(38)71-45-34(25-55)66-31(37(43(45)63)50-28(3)57)22-30-32(23-53)67-47(27(2)40(30)60)70-46-35(26-56)69-48(65-5)39(44(46)64)51-29(4)58/h11-12,27,30-35,37-49,53-56,60-64H,6-10,13-26H2,1-5H3,(H,50,57)(H,51,58)(H,52,59)/t27-,30?,31+,32?,33?,34?,35?,37-,38-,39+,40+,41?,42+,43?,44?,45-,46-,47?,48-,49?/m0/s1. The quantitative estimate of drug-likeness (QED) is 0.0325. The van der Waals surface area contributed by atoms with Crippen LogP contribution in [-0.2, 0) is 47.5 Å². The molecular formula is C49H87N3O19. The average Bonchev–Trinajstić information content (AvgIpc) is 3.34. The highest BCUT2D eigenvalue weighted by molar-refractivity contribution is 5.76. The first-order valence-electron chi connectivity index (χ1n) is 25.8. The molecule has 20 atom stereocenters. The number of amides is 3. The Bertz CT molecular complexity index is 1580. The highest BCUT2D eigenvalue weighted by Gasteiger charge is 2.55. The molecule has 4 fully saturated rings. The number of methoxy groups -OCH3 is 1. The van der Waals surface area contributed by atoms with Gasteiger partial charge < -0.3 is 95.1 Å². The second-order valence-electron chi connectivity index (χ2n) is 19.6. The van der Waals surface area contributed by atoms with Crippen LogP contribution >= 0.6 is 0 Å². The van der Waals surface area contributed by atoms with E-state index >= 15 is 0 Å². The zero-order valence-corrected chi connectivity index (χ0v) is 42.2. The van der Waals surface area contributed by atoms with E-state index in [-0.39, 0.29) is 12.8 Å². The number of aliphatic hydroxyl groups excluding tert-OH is 9. The van der Waals surface area contributed by atoms with Crippen molar-refractivity contribution in [1.82, 2.24) is 16.0 Å². The van der Waals surface area contributed by atoms with E-state index in [4.69, 9.17) is 33.2 Å². The smallest absolute Gasteiger partial charge is 0.220 e. The third-order valence-corrected chi connectivity index (χ3v) is 14.2. The summed E-state index contributed by atoms with van der Waals surface area (Å²) in [6, 6.07) is -3.81. The molecule has 10 unspecified atom stereocenters. The van der Waals surface area contributed by atoms with Crippen LogP contribution in [-0.4, -0.2) is 207 Å². The Hall–Kier alpha value is -2.49. The molecule has 0 aromatic rings. The highest BCUT2D eigenvalue weighted by Crippen LogP contribution is 2.39. The Kier molecular flexibility index (Phi) is 27.0. The van der Waals surface area contributed by atoms with Crippen molar-refractivity contribution in [3.63, 3.8) is 0 Å². The van der Waals surface area contributed by atoms with Crippen LogP contribution in [0.3, 0.4) is 0 Å². The third kappa shape index (κ3) is 17.5. The fourth-order valence-electron chi connectivity index (χ4n) is 10.1. The van der Waals surface area contributed by atoms with Crippen molar-refractivity contribution in [2.75, 3.05) is 33.5 Å². The van der Waals surface area contributed by atoms with Crippen LogP contribution in [0, 0.1) is 11.8 Å². The topological polar surface area (TPSA) is 334 Å². The van der Waals surface area contributed by atoms with Crippen molar-refractivity contribution in [1.29, 1.82) is 0 Å². The second-order valence-corrected chi connectivity index (χ2v) is 19.6. The summed E-state index contributed by atoms with van der Waals surface area (Å²) in [4.78, 5) is 37.9. The molecule has 71 heavy (non-hydrogen) atoms. The van der Waals surface area contributed by atoms with E-state index in [0.29, 0.717) is 6.42 Å². The third-order valence-electron chi connectivity index (χ3n) is 14.2. The van der Waals surface area contributed by atoms with Crippen molar-refractivity contribution in [3.8, 4) is 0 Å². The summed E-state index contributed by atoms with van der Waals surface area (Å²) in [6.45, 7) is 3.42. The molecule has 0 aromatic heterocycles. The van der Waals surface area contributed by atoms with Gasteiger partial charge in [-0.1, -0.05) is 77.4 Å². The first-order valence-corrected chi connectivity index (χ1v) is 25.8. The van der Waals surface area contributed by atoms with Gasteiger partial charge in [0.2, 0.25) is 17.7 Å². The summed E-state index contributed by atoms with van der Waals surface area (Å²) in [7, 11) is 1.30. The van der Waals surface area contributed by atoms with Gasteiger partial charge in [-0.05, 0) is 38.5 Å². The number of allylic oxidation sites excluding steroid dienone is 2. The maximum atomic E-state index is 13.3. The monoisotopic (exact) mass is 1020 g/mol. The number of hydrogen-bond acceptors (Lipinski definition) is 19. The van der Waals surface area contributed by atoms with E-state index in [9.17, 15) is 60.3 Å². The lowest BCUT2D eigenvalue weighted by Gasteiger charge is -2.51. The number of rotatable bonds is 29. The highest BCUT2D eigenvalue weighted by atomic mass is 16.7. The molecule has 4 saturated heterocycles. The lowest BCUT2D eigenvalue weighted by atomic mass is 9.78. The van der Waals surface area contributed by atoms with Crippen molar-refractivity contribution in [3.05, 3.63) is 12.2 Å². The van der Waals surface area contributed by atoms with Gasteiger partial charge in [0, 0.05) is 39.2 Å². The van der Waals surface area contributed by atoms with Crippen molar-refractivity contribution < 1.29 is 93.5 Å². The van der Waals surface area contributed by atoms with E-state index in [1.54, 1.807) is 6.92 Å². The molecule has 0 spiro atoms. The Morgan fingerprint density at radius 2 is 1.00 bits per heavy atom. The van der Waals surface area contributed by atoms with Gasteiger partial charge in [-0.2, -0.15) is 0 Å². The van der Waals surface area contributed by atoms with Gasteiger partial charge in [-0.15, -0.1) is 0 Å². The molecule has 0 saturated carbocycles. The Morgan fingerprint density at radius 3 is 1.56 bits per heavy atom. The number of unbranched alkanes of at least 4 members (excludes halogenated alkanes) is 11. The van der Waals surface area contributed by atoms with E-state index in [0.717, 1.165) is 51.4 Å². The maximum Gasteiger partial charge on any atom is 0.220 e. The zero-order valence-electron chi connectivity index (χ0n) is 42.2. The number of carbonyl (C=O) groups is 3. The van der Waals surface area contributed by atoms with Crippen molar-refractivity contribution in [2.45, 2.75) is 234 Å². The van der Waals surface area contributed by atoms with Gasteiger partial charge in [0.05, 0.1) is 50.8 Å². The summed E-state index contributed by atoms with van der Waals surface area (Å²) >= 11 is 0. The minimum absolute atomic E-state index is 0.101. The molecule has 12 N–H and O–H groups in total. The summed E-state index contributed by atoms with van der Waals surface area (Å²) in [5.41, 5.74) is 0. The summed E-state index contributed by atoms with van der Waals surface area (Å²) in [5.74, 6) is -3.41. The first kappa shape index (κ1) is 61.1. The average molecular weight is 1020 g/mol. The van der Waals surface area contributed by atoms with Crippen LogP contribution in [0.4, 0.5) is 0 Å². The molecule has 22 nitrogen and oxygen atoms in total. The molecule has 0 radical (unpaired) electrons. The summed E-state index contributed by atoms with van der Waals surface area (Å²) in [5, 5.41) is 106. The van der Waals surface area contributed by atoms with Gasteiger partial charge in [0.25, 0.3) is 0 Å². The Labute approximate surface area is 418 Å². The predicted octanol–water partition coefficient (Wildman–Crippen LogP) is -0.707. The molecule has 4 heterocycles. The first-order chi connectivity index (χ1) is 34.0. The fraction of sp³-hybridized carbons (Fsp3) is 0.898. The minimum atomic E-state index is -1.69. The summed E-state index contributed by atoms with van der Waals surface area (Å²) in [6.07, 6.45) is -2.40. The van der Waals surface area contributed by atoms with Gasteiger partial charge in [0.15, 0.2) is 18.9 Å². The van der Waals surface area contributed by atoms with E-state index in [1.165, 1.54) is 46.6 Å². The van der Waals surface area contributed by atoms with Crippen LogP contribution in [0.5, 0.6) is 0 Å². The largest absolute Gasteiger partial charge is 0.394 e. The molecule has 0 aliphatic carbocycles. The fourth-order valence-corrected chi connectivity index (χ4v) is 10.1. The number of hydrogen-bond donors (Lipinski definition) is 12. The van der Waals surface area contributed by atoms with Gasteiger partial charge in [-0.25, -0.2) is 0 Å². The lowest BCUT2D eigenvalue weighted by molar-refractivity contribution is -0.336. The van der Waals surface area contributed by atoms with E-state index in [1.807, 2.05) is 0 Å². The number of carbonyl (C=O) groups excluding carboxylic acids is 3. The van der Waals surface area contributed by atoms with Gasteiger partial charge in [0.1, 0.15) is 67.0 Å². The van der Waals surface area contributed by atoms with E-state index in [2.05, 4.69) is 35.0 Å². The van der Waals surface area contributed by atoms with Crippen LogP contribution in [0.1, 0.15) is 124 Å². The molecule has 4 aliphatic heterocycles. The number of nitrogens with one attached hydrogen (secondary N) is 3. The maximum absolute atomic E-state index is 13.3. The molecule has 412 valence electrons. The van der Waals surface area contributed by atoms with Crippen LogP contribution < -0.4 is 16.0 Å². The molecule has 22 heteroatoms. The molecule has 3 amide bonds. The molecule has 4 aliphatic rings.